The number of amides is 2. The fraction of sp³-hybridized carbons (Fsp3) is 0.333. The van der Waals surface area contributed by atoms with Crippen LogP contribution in [0.4, 0.5) is 0 Å². The molecule has 13 nitrogen and oxygen atoms in total. The molecule has 0 spiro atoms. The summed E-state index contributed by atoms with van der Waals surface area (Å²) in [6.07, 6.45) is 3.58. The molecule has 0 radical (unpaired) electrons. The topological polar surface area (TPSA) is 193 Å². The van der Waals surface area contributed by atoms with Gasteiger partial charge in [-0.25, -0.2) is 4.99 Å². The Morgan fingerprint density at radius 1 is 1.31 bits per heavy atom. The van der Waals surface area contributed by atoms with Crippen molar-refractivity contribution in [3.8, 4) is 6.19 Å². The van der Waals surface area contributed by atoms with E-state index in [9.17, 15) is 19.5 Å². The second-order valence-electron chi connectivity index (χ2n) is 10.1. The highest BCUT2D eigenvalue weighted by Crippen LogP contribution is 2.35. The maximum atomic E-state index is 13.2. The number of halogens is 2. The second kappa shape index (κ2) is 12.3. The van der Waals surface area contributed by atoms with Gasteiger partial charge in [-0.2, -0.15) is 10.4 Å². The first kappa shape index (κ1) is 29.3. The standard InChI is InChI=1S/C27H27Cl2N9O4/c28-19-5-16-9-37(26(42)14-1-2-15-7-34-36-21(15)6-14)4-3-18(16)24(29)23(19)25(41)35-17(12-39)8-32-27(33-13-30)38-10-20(31)22(40)11-38/h1-2,5-7,12,17,20,22,40H,3-4,8-11,31H2,(H,32,33)(H,34,36)(H,35,41)/t17-,20-,22+/m0/s1. The lowest BCUT2D eigenvalue weighted by Crippen LogP contribution is -2.42. The van der Waals surface area contributed by atoms with Gasteiger partial charge < -0.3 is 30.8 Å². The van der Waals surface area contributed by atoms with E-state index in [1.807, 2.05) is 6.07 Å². The molecule has 6 N–H and O–H groups in total. The maximum Gasteiger partial charge on any atom is 0.254 e. The number of nitrogens with two attached hydrogens (primary N) is 1. The number of aldehydes is 1. The van der Waals surface area contributed by atoms with Crippen LogP contribution < -0.4 is 16.4 Å². The summed E-state index contributed by atoms with van der Waals surface area (Å²) in [5, 5.41) is 32.0. The SMILES string of the molecule is N#CNC(=NC[C@@H](C=O)NC(=O)c1c(Cl)cc2c(c1Cl)CCN(C(=O)c1ccc3cn[nH]c3c1)C2)N1C[C@@H](O)[C@@H](N)C1. The molecule has 1 saturated heterocycles. The van der Waals surface area contributed by atoms with Crippen molar-refractivity contribution in [2.75, 3.05) is 26.2 Å². The number of β-amino-alcohol motifs (C(OH)–C–C–N with tert-alkyl or cyclic N) is 1. The third kappa shape index (κ3) is 5.88. The first-order valence-electron chi connectivity index (χ1n) is 13.1. The smallest absolute Gasteiger partial charge is 0.254 e. The Labute approximate surface area is 250 Å². The van der Waals surface area contributed by atoms with Crippen LogP contribution in [0.3, 0.4) is 0 Å². The van der Waals surface area contributed by atoms with Crippen LogP contribution in [0.2, 0.25) is 10.0 Å². The molecule has 2 amide bonds. The minimum absolute atomic E-state index is 0.0152. The minimum atomic E-state index is -1.06. The molecule has 0 saturated carbocycles. The van der Waals surface area contributed by atoms with Crippen LogP contribution in [0.1, 0.15) is 31.8 Å². The lowest BCUT2D eigenvalue weighted by Gasteiger charge is -2.30. The summed E-state index contributed by atoms with van der Waals surface area (Å²) < 4.78 is 0. The highest BCUT2D eigenvalue weighted by Gasteiger charge is 2.31. The molecule has 2 aromatic carbocycles. The van der Waals surface area contributed by atoms with Gasteiger partial charge in [-0.05, 0) is 35.7 Å². The molecule has 0 aliphatic carbocycles. The van der Waals surface area contributed by atoms with Crippen molar-refractivity contribution in [1.82, 2.24) is 30.6 Å². The van der Waals surface area contributed by atoms with Gasteiger partial charge in [0.1, 0.15) is 12.3 Å². The van der Waals surface area contributed by atoms with Crippen LogP contribution in [0, 0.1) is 11.5 Å². The Morgan fingerprint density at radius 3 is 2.83 bits per heavy atom. The van der Waals surface area contributed by atoms with E-state index in [-0.39, 0.29) is 53.7 Å². The normalized spacial score (nSPS) is 19.3. The van der Waals surface area contributed by atoms with Crippen LogP contribution in [0.25, 0.3) is 10.9 Å². The van der Waals surface area contributed by atoms with Crippen molar-refractivity contribution >= 4 is 58.2 Å². The van der Waals surface area contributed by atoms with Crippen LogP contribution in [-0.2, 0) is 17.8 Å². The number of carbonyl (C=O) groups excluding carboxylic acids is 3. The van der Waals surface area contributed by atoms with Gasteiger partial charge in [0.25, 0.3) is 11.8 Å². The maximum absolute atomic E-state index is 13.2. The number of guanidine groups is 1. The molecule has 2 aliphatic heterocycles. The van der Waals surface area contributed by atoms with E-state index in [2.05, 4.69) is 25.8 Å². The zero-order chi connectivity index (χ0) is 30.0. The second-order valence-corrected chi connectivity index (χ2v) is 10.9. The molecular weight excluding hydrogens is 585 g/mol. The van der Waals surface area contributed by atoms with Crippen LogP contribution in [-0.4, -0.2) is 93.5 Å². The average Bonchev–Trinajstić information content (AvgIpc) is 3.58. The summed E-state index contributed by atoms with van der Waals surface area (Å²) in [4.78, 5) is 45.7. The Hall–Kier alpha value is -4.22. The number of aliphatic imine (C=N–C) groups is 1. The molecule has 1 fully saturated rings. The molecule has 3 heterocycles. The van der Waals surface area contributed by atoms with E-state index in [1.54, 1.807) is 40.4 Å². The summed E-state index contributed by atoms with van der Waals surface area (Å²) in [7, 11) is 0. The molecule has 0 bridgehead atoms. The molecule has 3 aromatic rings. The van der Waals surface area contributed by atoms with E-state index in [1.165, 1.54) is 0 Å². The fourth-order valence-electron chi connectivity index (χ4n) is 5.09. The fourth-order valence-corrected chi connectivity index (χ4v) is 5.85. The third-order valence-corrected chi connectivity index (χ3v) is 8.04. The van der Waals surface area contributed by atoms with Gasteiger partial charge in [-0.1, -0.05) is 29.3 Å². The number of aromatic nitrogens is 2. The molecule has 3 atom stereocenters. The summed E-state index contributed by atoms with van der Waals surface area (Å²) in [6.45, 7) is 0.865. The highest BCUT2D eigenvalue weighted by molar-refractivity contribution is 6.40. The Bertz CT molecular complexity index is 1610. The van der Waals surface area contributed by atoms with Gasteiger partial charge in [0.2, 0.25) is 5.96 Å². The number of fused-ring (bicyclic) bond motifs is 2. The largest absolute Gasteiger partial charge is 0.390 e. The van der Waals surface area contributed by atoms with Gasteiger partial charge in [0.05, 0.1) is 40.0 Å². The number of benzene rings is 2. The number of carbonyl (C=O) groups is 3. The first-order chi connectivity index (χ1) is 20.2. The molecule has 5 rings (SSSR count). The van der Waals surface area contributed by atoms with E-state index >= 15 is 0 Å². The number of aliphatic hydroxyl groups excluding tert-OH is 1. The van der Waals surface area contributed by atoms with Crippen LogP contribution in [0.5, 0.6) is 0 Å². The summed E-state index contributed by atoms with van der Waals surface area (Å²) in [6, 6.07) is 5.37. The molecule has 1 aromatic heterocycles. The molecule has 2 aliphatic rings. The quantitative estimate of drug-likeness (QED) is 0.0880. The summed E-state index contributed by atoms with van der Waals surface area (Å²) >= 11 is 13.2. The van der Waals surface area contributed by atoms with Crippen molar-refractivity contribution in [2.45, 2.75) is 31.2 Å². The van der Waals surface area contributed by atoms with Crippen molar-refractivity contribution in [1.29, 1.82) is 5.26 Å². The number of nitriles is 1. The lowest BCUT2D eigenvalue weighted by molar-refractivity contribution is -0.109. The number of hydrogen-bond acceptors (Lipinski definition) is 8. The molecule has 42 heavy (non-hydrogen) atoms. The van der Waals surface area contributed by atoms with Gasteiger partial charge in [-0.15, -0.1) is 0 Å². The Kier molecular flexibility index (Phi) is 8.60. The third-order valence-electron chi connectivity index (χ3n) is 7.33. The van der Waals surface area contributed by atoms with Crippen LogP contribution >= 0.6 is 23.2 Å². The zero-order valence-electron chi connectivity index (χ0n) is 22.2. The first-order valence-corrected chi connectivity index (χ1v) is 13.8. The highest BCUT2D eigenvalue weighted by atomic mass is 35.5. The Morgan fingerprint density at radius 2 is 2.12 bits per heavy atom. The van der Waals surface area contributed by atoms with Gasteiger partial charge in [0.15, 0.2) is 6.19 Å². The van der Waals surface area contributed by atoms with Crippen molar-refractivity contribution in [3.63, 3.8) is 0 Å². The number of hydrogen-bond donors (Lipinski definition) is 5. The lowest BCUT2D eigenvalue weighted by atomic mass is 9.96. The number of nitrogens with zero attached hydrogens (tertiary/aromatic N) is 5. The van der Waals surface area contributed by atoms with Crippen molar-refractivity contribution in [3.05, 3.63) is 62.8 Å². The van der Waals surface area contributed by atoms with E-state index in [0.717, 1.165) is 16.5 Å². The number of aliphatic hydroxyl groups is 1. The summed E-state index contributed by atoms with van der Waals surface area (Å²) in [5.74, 6) is -0.699. The van der Waals surface area contributed by atoms with Gasteiger partial charge >= 0.3 is 0 Å². The predicted octanol–water partition coefficient (Wildman–Crippen LogP) is 0.796. The number of aromatic amines is 1. The number of likely N-dealkylation sites (tertiary alicyclic amines) is 1. The van der Waals surface area contributed by atoms with E-state index in [0.29, 0.717) is 30.4 Å². The van der Waals surface area contributed by atoms with E-state index < -0.39 is 24.1 Å². The summed E-state index contributed by atoms with van der Waals surface area (Å²) in [5.41, 5.74) is 8.55. The van der Waals surface area contributed by atoms with Gasteiger partial charge in [0, 0.05) is 43.2 Å². The number of nitrogens with one attached hydrogen (secondary N) is 3. The zero-order valence-corrected chi connectivity index (χ0v) is 23.7. The number of H-pyrrole nitrogens is 1. The van der Waals surface area contributed by atoms with Crippen molar-refractivity contribution < 1.29 is 19.5 Å². The monoisotopic (exact) mass is 611 g/mol. The number of rotatable bonds is 6. The molecule has 15 heteroatoms. The average molecular weight is 612 g/mol. The van der Waals surface area contributed by atoms with Gasteiger partial charge in [-0.3, -0.25) is 20.0 Å². The molecular formula is C27H27Cl2N9O4. The van der Waals surface area contributed by atoms with E-state index in [4.69, 9.17) is 34.2 Å². The molecule has 0 unspecified atom stereocenters. The minimum Gasteiger partial charge on any atom is -0.390 e. The van der Waals surface area contributed by atoms with Crippen molar-refractivity contribution in [2.24, 2.45) is 10.7 Å². The molecule has 218 valence electrons. The predicted molar refractivity (Wildman–Crippen MR) is 155 cm³/mol. The Balaban J connectivity index is 1.29. The van der Waals surface area contributed by atoms with Crippen LogP contribution in [0.15, 0.2) is 35.5 Å².